The molecule has 1 aromatic rings. The average Bonchev–Trinajstić information content (AvgIpc) is 3.05. The fourth-order valence-corrected chi connectivity index (χ4v) is 1.56. The third-order valence-corrected chi connectivity index (χ3v) is 2.74. The first-order valence-electron chi connectivity index (χ1n) is 5.53. The molecule has 1 fully saturated rings. The highest BCUT2D eigenvalue weighted by Gasteiger charge is 2.19. The van der Waals surface area contributed by atoms with Crippen molar-refractivity contribution in [2.45, 2.75) is 25.3 Å². The molecule has 4 heteroatoms. The summed E-state index contributed by atoms with van der Waals surface area (Å²) in [4.78, 5) is 11.5. The summed E-state index contributed by atoms with van der Waals surface area (Å²) in [6.07, 6.45) is 3.01. The lowest BCUT2D eigenvalue weighted by molar-refractivity contribution is -0.116. The van der Waals surface area contributed by atoms with Gasteiger partial charge in [0.05, 0.1) is 0 Å². The van der Waals surface area contributed by atoms with Gasteiger partial charge in [0, 0.05) is 29.7 Å². The lowest BCUT2D eigenvalue weighted by Gasteiger charge is -2.05. The largest absolute Gasteiger partial charge is 0.326 e. The van der Waals surface area contributed by atoms with Gasteiger partial charge in [-0.3, -0.25) is 4.79 Å². The zero-order valence-electron chi connectivity index (χ0n) is 9.00. The SMILES string of the molecule is O=C(CCNC1CC1)Nc1ccc(Cl)cc1. The summed E-state index contributed by atoms with van der Waals surface area (Å²) in [6.45, 7) is 0.754. The molecule has 0 saturated heterocycles. The van der Waals surface area contributed by atoms with Crippen molar-refractivity contribution in [2.24, 2.45) is 0 Å². The molecule has 3 nitrogen and oxygen atoms in total. The molecule has 1 saturated carbocycles. The zero-order chi connectivity index (χ0) is 11.4. The Morgan fingerprint density at radius 3 is 2.62 bits per heavy atom. The molecule has 0 aromatic heterocycles. The lowest BCUT2D eigenvalue weighted by Crippen LogP contribution is -2.23. The second-order valence-corrected chi connectivity index (χ2v) is 4.47. The van der Waals surface area contributed by atoms with E-state index in [2.05, 4.69) is 10.6 Å². The van der Waals surface area contributed by atoms with Gasteiger partial charge in [0.25, 0.3) is 0 Å². The minimum atomic E-state index is 0.0375. The number of nitrogens with one attached hydrogen (secondary N) is 2. The van der Waals surface area contributed by atoms with Gasteiger partial charge in [0.2, 0.25) is 5.91 Å². The van der Waals surface area contributed by atoms with Crippen molar-refractivity contribution >= 4 is 23.2 Å². The summed E-state index contributed by atoms with van der Waals surface area (Å²) >= 11 is 5.75. The predicted octanol–water partition coefficient (Wildman–Crippen LogP) is 2.42. The molecule has 0 bridgehead atoms. The molecule has 0 radical (unpaired) electrons. The smallest absolute Gasteiger partial charge is 0.225 e. The van der Waals surface area contributed by atoms with Gasteiger partial charge in [-0.2, -0.15) is 0 Å². The van der Waals surface area contributed by atoms with Crippen LogP contribution in [0, 0.1) is 0 Å². The molecule has 0 heterocycles. The second-order valence-electron chi connectivity index (χ2n) is 4.03. The number of carbonyl (C=O) groups excluding carboxylic acids is 1. The molecule has 0 unspecified atom stereocenters. The van der Waals surface area contributed by atoms with E-state index in [0.717, 1.165) is 12.2 Å². The minimum Gasteiger partial charge on any atom is -0.326 e. The van der Waals surface area contributed by atoms with Gasteiger partial charge in [0.15, 0.2) is 0 Å². The van der Waals surface area contributed by atoms with Gasteiger partial charge in [-0.1, -0.05) is 11.6 Å². The molecular formula is C12H15ClN2O. The highest BCUT2D eigenvalue weighted by molar-refractivity contribution is 6.30. The molecule has 16 heavy (non-hydrogen) atoms. The number of halogens is 1. The van der Waals surface area contributed by atoms with Crippen molar-refractivity contribution in [1.82, 2.24) is 5.32 Å². The Morgan fingerprint density at radius 1 is 1.31 bits per heavy atom. The van der Waals surface area contributed by atoms with E-state index in [1.807, 2.05) is 0 Å². The van der Waals surface area contributed by atoms with Crippen molar-refractivity contribution in [3.8, 4) is 0 Å². The second kappa shape index (κ2) is 5.32. The van der Waals surface area contributed by atoms with E-state index in [-0.39, 0.29) is 5.91 Å². The summed E-state index contributed by atoms with van der Waals surface area (Å²) in [5, 5.41) is 6.80. The monoisotopic (exact) mass is 238 g/mol. The minimum absolute atomic E-state index is 0.0375. The third-order valence-electron chi connectivity index (χ3n) is 2.49. The van der Waals surface area contributed by atoms with Crippen molar-refractivity contribution in [1.29, 1.82) is 0 Å². The summed E-state index contributed by atoms with van der Waals surface area (Å²) in [6, 6.07) is 7.78. The first-order chi connectivity index (χ1) is 7.74. The van der Waals surface area contributed by atoms with Crippen LogP contribution in [0.25, 0.3) is 0 Å². The highest BCUT2D eigenvalue weighted by atomic mass is 35.5. The van der Waals surface area contributed by atoms with Crippen LogP contribution >= 0.6 is 11.6 Å². The summed E-state index contributed by atoms with van der Waals surface area (Å²) in [5.74, 6) is 0.0375. The molecule has 1 aliphatic rings. The molecule has 1 aromatic carbocycles. The number of anilines is 1. The van der Waals surface area contributed by atoms with E-state index in [9.17, 15) is 4.79 Å². The topological polar surface area (TPSA) is 41.1 Å². The third kappa shape index (κ3) is 3.83. The molecule has 1 amide bonds. The van der Waals surface area contributed by atoms with Crippen LogP contribution in [0.5, 0.6) is 0 Å². The van der Waals surface area contributed by atoms with Crippen LogP contribution in [0.3, 0.4) is 0 Å². The first kappa shape index (κ1) is 11.4. The van der Waals surface area contributed by atoms with Crippen LogP contribution < -0.4 is 10.6 Å². The molecule has 86 valence electrons. The van der Waals surface area contributed by atoms with Crippen molar-refractivity contribution in [3.63, 3.8) is 0 Å². The van der Waals surface area contributed by atoms with Crippen LogP contribution in [0.2, 0.25) is 5.02 Å². The maximum absolute atomic E-state index is 11.5. The van der Waals surface area contributed by atoms with Gasteiger partial charge in [-0.15, -0.1) is 0 Å². The van der Waals surface area contributed by atoms with Crippen molar-refractivity contribution < 1.29 is 4.79 Å². The Hall–Kier alpha value is -1.06. The number of hydrogen-bond acceptors (Lipinski definition) is 2. The van der Waals surface area contributed by atoms with E-state index >= 15 is 0 Å². The van der Waals surface area contributed by atoms with Crippen molar-refractivity contribution in [2.75, 3.05) is 11.9 Å². The molecule has 2 rings (SSSR count). The lowest BCUT2D eigenvalue weighted by atomic mass is 10.3. The van der Waals surface area contributed by atoms with E-state index < -0.39 is 0 Å². The molecule has 0 spiro atoms. The Kier molecular flexibility index (Phi) is 3.80. The van der Waals surface area contributed by atoms with Gasteiger partial charge in [-0.25, -0.2) is 0 Å². The van der Waals surface area contributed by atoms with Crippen molar-refractivity contribution in [3.05, 3.63) is 29.3 Å². The molecule has 0 aliphatic heterocycles. The zero-order valence-corrected chi connectivity index (χ0v) is 9.76. The fraction of sp³-hybridized carbons (Fsp3) is 0.417. The van der Waals surface area contributed by atoms with Gasteiger partial charge < -0.3 is 10.6 Å². The summed E-state index contributed by atoms with van der Waals surface area (Å²) < 4.78 is 0. The Bertz CT molecular complexity index is 360. The highest BCUT2D eigenvalue weighted by Crippen LogP contribution is 2.18. The van der Waals surface area contributed by atoms with Gasteiger partial charge >= 0.3 is 0 Å². The van der Waals surface area contributed by atoms with E-state index in [4.69, 9.17) is 11.6 Å². The molecule has 2 N–H and O–H groups in total. The normalized spacial score (nSPS) is 14.8. The quantitative estimate of drug-likeness (QED) is 0.827. The Morgan fingerprint density at radius 2 is 2.00 bits per heavy atom. The number of amides is 1. The first-order valence-corrected chi connectivity index (χ1v) is 5.90. The Labute approximate surface area is 100 Å². The predicted molar refractivity (Wildman–Crippen MR) is 65.7 cm³/mol. The fourth-order valence-electron chi connectivity index (χ4n) is 1.43. The van der Waals surface area contributed by atoms with Crippen LogP contribution in [-0.2, 0) is 4.79 Å². The summed E-state index contributed by atoms with van der Waals surface area (Å²) in [5.41, 5.74) is 0.792. The van der Waals surface area contributed by atoms with Crippen LogP contribution in [0.4, 0.5) is 5.69 Å². The average molecular weight is 239 g/mol. The Balaban J connectivity index is 1.70. The standard InChI is InChI=1S/C12H15ClN2O/c13-9-1-3-11(4-2-9)15-12(16)7-8-14-10-5-6-10/h1-4,10,14H,5-8H2,(H,15,16). The van der Waals surface area contributed by atoms with E-state index in [1.54, 1.807) is 24.3 Å². The van der Waals surface area contributed by atoms with E-state index in [0.29, 0.717) is 17.5 Å². The van der Waals surface area contributed by atoms with E-state index in [1.165, 1.54) is 12.8 Å². The molecular weight excluding hydrogens is 224 g/mol. The number of benzene rings is 1. The molecule has 1 aliphatic carbocycles. The maximum atomic E-state index is 11.5. The van der Waals surface area contributed by atoms with Gasteiger partial charge in [0.1, 0.15) is 0 Å². The number of rotatable bonds is 5. The molecule has 0 atom stereocenters. The maximum Gasteiger partial charge on any atom is 0.225 e. The van der Waals surface area contributed by atoms with Crippen LogP contribution in [0.1, 0.15) is 19.3 Å². The summed E-state index contributed by atoms with van der Waals surface area (Å²) in [7, 11) is 0. The van der Waals surface area contributed by atoms with Crippen LogP contribution in [-0.4, -0.2) is 18.5 Å². The van der Waals surface area contributed by atoms with Gasteiger partial charge in [-0.05, 0) is 37.1 Å². The number of hydrogen-bond donors (Lipinski definition) is 2. The number of carbonyl (C=O) groups is 1. The van der Waals surface area contributed by atoms with Crippen LogP contribution in [0.15, 0.2) is 24.3 Å².